The fourth-order valence-corrected chi connectivity index (χ4v) is 2.63. The van der Waals surface area contributed by atoms with Crippen LogP contribution in [0.2, 0.25) is 0 Å². The van der Waals surface area contributed by atoms with E-state index in [1.54, 1.807) is 18.7 Å². The first-order valence-electron chi connectivity index (χ1n) is 8.50. The quantitative estimate of drug-likeness (QED) is 0.533. The number of carbonyl (C=O) groups excluding carboxylic acids is 3. The Morgan fingerprint density at radius 3 is 2.04 bits per heavy atom. The Kier molecular flexibility index (Phi) is 8.11. The molecule has 0 N–H and O–H groups in total. The van der Waals surface area contributed by atoms with Gasteiger partial charge >= 0.3 is 11.9 Å². The number of esters is 2. The number of aryl methyl sites for hydroxylation is 2. The molecule has 0 aliphatic heterocycles. The Bertz CT molecular complexity index is 608. The summed E-state index contributed by atoms with van der Waals surface area (Å²) < 4.78 is 9.93. The first-order valence-corrected chi connectivity index (χ1v) is 8.50. The van der Waals surface area contributed by atoms with E-state index in [-0.39, 0.29) is 32.1 Å². The lowest BCUT2D eigenvalue weighted by Gasteiger charge is -2.25. The van der Waals surface area contributed by atoms with E-state index in [9.17, 15) is 14.4 Å². The lowest BCUT2D eigenvalue weighted by atomic mass is 10.0. The topological polar surface area (TPSA) is 72.9 Å². The van der Waals surface area contributed by atoms with Gasteiger partial charge in [0.2, 0.25) is 5.91 Å². The number of rotatable bonds is 8. The Morgan fingerprint density at radius 2 is 1.60 bits per heavy atom. The summed E-state index contributed by atoms with van der Waals surface area (Å²) in [6.45, 7) is 9.31. The minimum absolute atomic E-state index is 0.143. The Labute approximate surface area is 149 Å². The normalized spacial score (nSPS) is 10.5. The van der Waals surface area contributed by atoms with Gasteiger partial charge in [-0.05, 0) is 45.7 Å². The smallest absolute Gasteiger partial charge is 0.320 e. The average Bonchev–Trinajstić information content (AvgIpc) is 2.52. The molecule has 0 aromatic heterocycles. The molecule has 6 heteroatoms. The van der Waals surface area contributed by atoms with Crippen molar-refractivity contribution in [3.8, 4) is 0 Å². The lowest BCUT2D eigenvalue weighted by molar-refractivity contribution is -0.161. The molecule has 0 bridgehead atoms. The van der Waals surface area contributed by atoms with Crippen LogP contribution in [0.1, 0.15) is 38.3 Å². The van der Waals surface area contributed by atoms with Gasteiger partial charge in [0.25, 0.3) is 0 Å². The second kappa shape index (κ2) is 9.81. The van der Waals surface area contributed by atoms with Gasteiger partial charge in [-0.25, -0.2) is 0 Å². The minimum Gasteiger partial charge on any atom is -0.465 e. The second-order valence-corrected chi connectivity index (χ2v) is 5.81. The highest BCUT2D eigenvalue weighted by Crippen LogP contribution is 2.23. The number of carbonyl (C=O) groups is 3. The van der Waals surface area contributed by atoms with Crippen molar-refractivity contribution >= 4 is 23.5 Å². The van der Waals surface area contributed by atoms with Crippen LogP contribution < -0.4 is 4.90 Å². The monoisotopic (exact) mass is 349 g/mol. The lowest BCUT2D eigenvalue weighted by Crippen LogP contribution is -2.36. The third kappa shape index (κ3) is 5.89. The summed E-state index contributed by atoms with van der Waals surface area (Å²) in [4.78, 5) is 37.8. The molecule has 0 aliphatic carbocycles. The first-order chi connectivity index (χ1) is 11.8. The summed E-state index contributed by atoms with van der Waals surface area (Å²) in [6, 6.07) is 5.78. The molecule has 0 atom stereocenters. The average molecular weight is 349 g/mol. The predicted octanol–water partition coefficient (Wildman–Crippen LogP) is 2.79. The minimum atomic E-state index is -1.03. The summed E-state index contributed by atoms with van der Waals surface area (Å²) in [5.74, 6) is -2.43. The molecule has 1 amide bonds. The molecule has 0 saturated carbocycles. The van der Waals surface area contributed by atoms with E-state index in [1.165, 1.54) is 6.92 Å². The van der Waals surface area contributed by atoms with Crippen LogP contribution >= 0.6 is 0 Å². The third-order valence-electron chi connectivity index (χ3n) is 3.81. The summed E-state index contributed by atoms with van der Waals surface area (Å²) >= 11 is 0. The molecule has 138 valence electrons. The molecule has 0 saturated heterocycles. The van der Waals surface area contributed by atoms with Gasteiger partial charge in [-0.15, -0.1) is 0 Å². The van der Waals surface area contributed by atoms with Crippen molar-refractivity contribution in [1.29, 1.82) is 0 Å². The molecular formula is C19H27NO5. The van der Waals surface area contributed by atoms with Crippen LogP contribution in [0.25, 0.3) is 0 Å². The van der Waals surface area contributed by atoms with Crippen molar-refractivity contribution in [3.05, 3.63) is 29.3 Å². The van der Waals surface area contributed by atoms with E-state index in [0.29, 0.717) is 0 Å². The number of amides is 1. The second-order valence-electron chi connectivity index (χ2n) is 5.81. The number of anilines is 1. The van der Waals surface area contributed by atoms with E-state index in [1.807, 2.05) is 32.0 Å². The molecule has 1 aromatic carbocycles. The maximum absolute atomic E-state index is 12.1. The van der Waals surface area contributed by atoms with Crippen molar-refractivity contribution in [2.45, 2.75) is 41.0 Å². The molecule has 6 nitrogen and oxygen atoms in total. The highest BCUT2D eigenvalue weighted by molar-refractivity contribution is 5.96. The fourth-order valence-electron chi connectivity index (χ4n) is 2.63. The zero-order chi connectivity index (χ0) is 19.0. The predicted molar refractivity (Wildman–Crippen MR) is 95.3 cm³/mol. The first kappa shape index (κ1) is 20.7. The molecule has 0 radical (unpaired) electrons. The molecule has 25 heavy (non-hydrogen) atoms. The highest BCUT2D eigenvalue weighted by Gasteiger charge is 2.30. The third-order valence-corrected chi connectivity index (χ3v) is 3.81. The van der Waals surface area contributed by atoms with Gasteiger partial charge in [-0.3, -0.25) is 14.4 Å². The largest absolute Gasteiger partial charge is 0.465 e. The van der Waals surface area contributed by atoms with Gasteiger partial charge < -0.3 is 14.4 Å². The number of hydrogen-bond donors (Lipinski definition) is 0. The molecule has 0 aliphatic rings. The van der Waals surface area contributed by atoms with Crippen LogP contribution in [0.15, 0.2) is 18.2 Å². The maximum atomic E-state index is 12.1. The van der Waals surface area contributed by atoms with Crippen molar-refractivity contribution in [2.75, 3.05) is 24.7 Å². The number of hydrogen-bond acceptors (Lipinski definition) is 5. The van der Waals surface area contributed by atoms with Crippen LogP contribution in [0.5, 0.6) is 0 Å². The van der Waals surface area contributed by atoms with Crippen LogP contribution in [0, 0.1) is 19.8 Å². The van der Waals surface area contributed by atoms with Gasteiger partial charge in [0.15, 0.2) is 5.92 Å². The molecule has 0 unspecified atom stereocenters. The van der Waals surface area contributed by atoms with Crippen LogP contribution in [-0.2, 0) is 23.9 Å². The van der Waals surface area contributed by atoms with Crippen molar-refractivity contribution in [1.82, 2.24) is 0 Å². The van der Waals surface area contributed by atoms with Gasteiger partial charge in [-0.2, -0.15) is 0 Å². The van der Waals surface area contributed by atoms with Gasteiger partial charge in [0.05, 0.1) is 13.2 Å². The van der Waals surface area contributed by atoms with E-state index in [0.717, 1.165) is 16.8 Å². The summed E-state index contributed by atoms with van der Waals surface area (Å²) in [5.41, 5.74) is 2.82. The van der Waals surface area contributed by atoms with Crippen molar-refractivity contribution < 1.29 is 23.9 Å². The molecule has 0 heterocycles. The van der Waals surface area contributed by atoms with Crippen LogP contribution in [0.3, 0.4) is 0 Å². The van der Waals surface area contributed by atoms with Gasteiger partial charge in [-0.1, -0.05) is 17.7 Å². The van der Waals surface area contributed by atoms with Gasteiger partial charge in [0.1, 0.15) is 0 Å². The van der Waals surface area contributed by atoms with Crippen LogP contribution in [-0.4, -0.2) is 37.6 Å². The Balaban J connectivity index is 2.97. The van der Waals surface area contributed by atoms with Crippen LogP contribution in [0.4, 0.5) is 5.69 Å². The Hall–Kier alpha value is -2.37. The zero-order valence-electron chi connectivity index (χ0n) is 15.6. The number of nitrogens with zero attached hydrogens (tertiary/aromatic N) is 1. The Morgan fingerprint density at radius 1 is 1.04 bits per heavy atom. The molecular weight excluding hydrogens is 322 g/mol. The standard InChI is InChI=1S/C19H27NO5/c1-6-24-18(22)16(19(23)25-7-2)10-11-20(15(5)21)17-9-8-13(3)12-14(17)4/h8-9,12,16H,6-7,10-11H2,1-5H3. The molecule has 1 aromatic rings. The highest BCUT2D eigenvalue weighted by atomic mass is 16.6. The van der Waals surface area contributed by atoms with E-state index in [4.69, 9.17) is 9.47 Å². The SMILES string of the molecule is CCOC(=O)C(CCN(C(C)=O)c1ccc(C)cc1C)C(=O)OCC. The molecule has 0 fully saturated rings. The van der Waals surface area contributed by atoms with E-state index in [2.05, 4.69) is 0 Å². The van der Waals surface area contributed by atoms with Gasteiger partial charge in [0, 0.05) is 19.2 Å². The van der Waals surface area contributed by atoms with E-state index >= 15 is 0 Å². The van der Waals surface area contributed by atoms with Crippen molar-refractivity contribution in [3.63, 3.8) is 0 Å². The number of ether oxygens (including phenoxy) is 2. The van der Waals surface area contributed by atoms with Crippen molar-refractivity contribution in [2.24, 2.45) is 5.92 Å². The summed E-state index contributed by atoms with van der Waals surface area (Å²) in [5, 5.41) is 0. The summed E-state index contributed by atoms with van der Waals surface area (Å²) in [6.07, 6.45) is 0.143. The summed E-state index contributed by atoms with van der Waals surface area (Å²) in [7, 11) is 0. The maximum Gasteiger partial charge on any atom is 0.320 e. The number of benzene rings is 1. The molecule has 1 rings (SSSR count). The zero-order valence-corrected chi connectivity index (χ0v) is 15.6. The molecule has 0 spiro atoms. The van der Waals surface area contributed by atoms with E-state index < -0.39 is 17.9 Å². The fraction of sp³-hybridized carbons (Fsp3) is 0.526.